The van der Waals surface area contributed by atoms with Crippen LogP contribution in [0, 0.1) is 5.92 Å². The van der Waals surface area contributed by atoms with E-state index >= 15 is 0 Å². The number of hydrogen-bond donors (Lipinski definition) is 1. The molecule has 2 N–H and O–H groups in total. The number of amides is 1. The van der Waals surface area contributed by atoms with Crippen LogP contribution in [0.2, 0.25) is 0 Å². The molecule has 0 bridgehead atoms. The van der Waals surface area contributed by atoms with E-state index in [1.165, 1.54) is 0 Å². The van der Waals surface area contributed by atoms with Crippen LogP contribution in [0.4, 0.5) is 0 Å². The number of rotatable bonds is 3. The lowest BCUT2D eigenvalue weighted by Crippen LogP contribution is -2.50. The van der Waals surface area contributed by atoms with Crippen molar-refractivity contribution in [2.75, 3.05) is 13.2 Å². The summed E-state index contributed by atoms with van der Waals surface area (Å²) in [6.07, 6.45) is 7.71. The molecule has 0 spiro atoms. The number of nitrogens with zero attached hydrogens (tertiary/aromatic N) is 1. The molecule has 0 radical (unpaired) electrons. The van der Waals surface area contributed by atoms with E-state index in [1.807, 2.05) is 0 Å². The van der Waals surface area contributed by atoms with Gasteiger partial charge in [0.05, 0.1) is 6.10 Å². The molecule has 2 heterocycles. The number of ketones is 1. The molecule has 114 valence electrons. The first-order valence-corrected chi connectivity index (χ1v) is 7.65. The Bertz CT molecular complexity index is 500. The van der Waals surface area contributed by atoms with Crippen LogP contribution in [0.3, 0.4) is 0 Å². The van der Waals surface area contributed by atoms with Crippen molar-refractivity contribution in [2.45, 2.75) is 43.9 Å². The molecule has 2 saturated heterocycles. The highest BCUT2D eigenvalue weighted by Crippen LogP contribution is 2.33. The van der Waals surface area contributed by atoms with Gasteiger partial charge in [-0.3, -0.25) is 9.59 Å². The predicted molar refractivity (Wildman–Crippen MR) is 78.5 cm³/mol. The molecular weight excluding hydrogens is 268 g/mol. The van der Waals surface area contributed by atoms with Crippen LogP contribution in [0.25, 0.3) is 0 Å². The van der Waals surface area contributed by atoms with Crippen LogP contribution in [0.1, 0.15) is 25.7 Å². The maximum Gasteiger partial charge on any atom is 0.244 e. The number of carbonyl (C=O) groups is 2. The molecule has 21 heavy (non-hydrogen) atoms. The van der Waals surface area contributed by atoms with Crippen LogP contribution in [0.5, 0.6) is 0 Å². The first kappa shape index (κ1) is 14.5. The summed E-state index contributed by atoms with van der Waals surface area (Å²) in [7, 11) is 0. The van der Waals surface area contributed by atoms with Gasteiger partial charge >= 0.3 is 0 Å². The van der Waals surface area contributed by atoms with E-state index in [-0.39, 0.29) is 30.3 Å². The van der Waals surface area contributed by atoms with Gasteiger partial charge in [0.15, 0.2) is 5.78 Å². The smallest absolute Gasteiger partial charge is 0.244 e. The van der Waals surface area contributed by atoms with E-state index in [0.29, 0.717) is 6.54 Å². The minimum Gasteiger partial charge on any atom is -0.367 e. The lowest BCUT2D eigenvalue weighted by atomic mass is 9.93. The van der Waals surface area contributed by atoms with Crippen molar-refractivity contribution in [3.8, 4) is 0 Å². The van der Waals surface area contributed by atoms with Crippen LogP contribution in [-0.2, 0) is 14.3 Å². The van der Waals surface area contributed by atoms with Crippen molar-refractivity contribution in [1.29, 1.82) is 0 Å². The molecule has 5 nitrogen and oxygen atoms in total. The van der Waals surface area contributed by atoms with Crippen molar-refractivity contribution >= 4 is 11.7 Å². The molecule has 0 aromatic heterocycles. The molecule has 4 atom stereocenters. The minimum absolute atomic E-state index is 0.0120. The normalized spacial score (nSPS) is 33.6. The standard InChI is InChI=1S/C16H22N2O3/c1-2-10-8-18(14-12(19)9-21-15(10)14)16(20)13(17)11-6-4-3-5-7-11/h2,6,10,13-15H,1,3-5,7-9,17H2. The van der Waals surface area contributed by atoms with Gasteiger partial charge in [0.1, 0.15) is 18.7 Å². The third-order valence-electron chi connectivity index (χ3n) is 4.80. The molecule has 1 aliphatic carbocycles. The van der Waals surface area contributed by atoms with Gasteiger partial charge in [-0.1, -0.05) is 12.2 Å². The average molecular weight is 290 g/mol. The summed E-state index contributed by atoms with van der Waals surface area (Å²) in [6, 6.07) is -1.10. The van der Waals surface area contributed by atoms with E-state index in [2.05, 4.69) is 12.7 Å². The number of carbonyl (C=O) groups excluding carboxylic acids is 2. The van der Waals surface area contributed by atoms with Gasteiger partial charge < -0.3 is 15.4 Å². The summed E-state index contributed by atoms with van der Waals surface area (Å²) in [5, 5.41) is 0. The molecule has 0 aromatic rings. The summed E-state index contributed by atoms with van der Waals surface area (Å²) in [6.45, 7) is 4.35. The second-order valence-electron chi connectivity index (χ2n) is 6.08. The first-order valence-electron chi connectivity index (χ1n) is 7.65. The second-order valence-corrected chi connectivity index (χ2v) is 6.08. The van der Waals surface area contributed by atoms with Crippen LogP contribution in [0.15, 0.2) is 24.3 Å². The number of hydrogen-bond acceptors (Lipinski definition) is 4. The third-order valence-corrected chi connectivity index (χ3v) is 4.80. The largest absolute Gasteiger partial charge is 0.367 e. The first-order chi connectivity index (χ1) is 10.1. The van der Waals surface area contributed by atoms with Gasteiger partial charge in [0.2, 0.25) is 5.91 Å². The highest BCUT2D eigenvalue weighted by atomic mass is 16.5. The van der Waals surface area contributed by atoms with Crippen molar-refractivity contribution in [3.63, 3.8) is 0 Å². The number of fused-ring (bicyclic) bond motifs is 1. The van der Waals surface area contributed by atoms with Crippen LogP contribution < -0.4 is 5.73 Å². The van der Waals surface area contributed by atoms with E-state index < -0.39 is 12.1 Å². The number of nitrogens with two attached hydrogens (primary N) is 1. The van der Waals surface area contributed by atoms with Gasteiger partial charge in [-0.15, -0.1) is 6.58 Å². The van der Waals surface area contributed by atoms with Gasteiger partial charge in [0.25, 0.3) is 0 Å². The Morgan fingerprint density at radius 2 is 2.33 bits per heavy atom. The number of likely N-dealkylation sites (tertiary alicyclic amines) is 1. The van der Waals surface area contributed by atoms with Crippen molar-refractivity contribution in [1.82, 2.24) is 4.90 Å². The SMILES string of the molecule is C=CC1CN(C(=O)C(N)C2=CCCCC2)C2C(=O)COC12. The van der Waals surface area contributed by atoms with Crippen LogP contribution in [-0.4, -0.2) is 47.9 Å². The fraction of sp³-hybridized carbons (Fsp3) is 0.625. The molecule has 2 fully saturated rings. The van der Waals surface area contributed by atoms with Gasteiger partial charge in [-0.05, 0) is 31.3 Å². The lowest BCUT2D eigenvalue weighted by Gasteiger charge is -2.27. The summed E-state index contributed by atoms with van der Waals surface area (Å²) >= 11 is 0. The molecule has 2 aliphatic heterocycles. The Morgan fingerprint density at radius 1 is 1.52 bits per heavy atom. The van der Waals surface area contributed by atoms with Crippen molar-refractivity contribution < 1.29 is 14.3 Å². The average Bonchev–Trinajstić information content (AvgIpc) is 3.07. The van der Waals surface area contributed by atoms with Crippen molar-refractivity contribution in [2.24, 2.45) is 11.7 Å². The minimum atomic E-state index is -0.622. The van der Waals surface area contributed by atoms with Gasteiger partial charge in [0, 0.05) is 12.5 Å². The Hall–Kier alpha value is -1.46. The van der Waals surface area contributed by atoms with E-state index in [0.717, 1.165) is 31.3 Å². The fourth-order valence-electron chi connectivity index (χ4n) is 3.61. The molecule has 5 heteroatoms. The Labute approximate surface area is 124 Å². The van der Waals surface area contributed by atoms with Crippen molar-refractivity contribution in [3.05, 3.63) is 24.3 Å². The molecule has 3 aliphatic rings. The zero-order chi connectivity index (χ0) is 15.0. The molecular formula is C16H22N2O3. The summed E-state index contributed by atoms with van der Waals surface area (Å²) < 4.78 is 5.53. The van der Waals surface area contributed by atoms with Gasteiger partial charge in [-0.25, -0.2) is 0 Å². The Morgan fingerprint density at radius 3 is 3.00 bits per heavy atom. The maximum absolute atomic E-state index is 12.7. The Balaban J connectivity index is 1.79. The molecule has 0 saturated carbocycles. The monoisotopic (exact) mass is 290 g/mol. The molecule has 4 unspecified atom stereocenters. The van der Waals surface area contributed by atoms with Gasteiger partial charge in [-0.2, -0.15) is 0 Å². The predicted octanol–water partition coefficient (Wildman–Crippen LogP) is 0.795. The maximum atomic E-state index is 12.7. The molecule has 3 rings (SSSR count). The Kier molecular flexibility index (Phi) is 3.95. The number of ether oxygens (including phenoxy) is 1. The fourth-order valence-corrected chi connectivity index (χ4v) is 3.61. The highest BCUT2D eigenvalue weighted by Gasteiger charge is 2.51. The molecule has 1 amide bonds. The highest BCUT2D eigenvalue weighted by molar-refractivity contribution is 5.95. The van der Waals surface area contributed by atoms with E-state index in [9.17, 15) is 9.59 Å². The topological polar surface area (TPSA) is 72.6 Å². The number of allylic oxidation sites excluding steroid dienone is 1. The molecule has 0 aromatic carbocycles. The summed E-state index contributed by atoms with van der Waals surface area (Å²) in [5.41, 5.74) is 7.16. The quantitative estimate of drug-likeness (QED) is 0.780. The second kappa shape index (κ2) is 5.73. The lowest BCUT2D eigenvalue weighted by molar-refractivity contribution is -0.136. The van der Waals surface area contributed by atoms with E-state index in [1.54, 1.807) is 11.0 Å². The zero-order valence-corrected chi connectivity index (χ0v) is 12.2. The zero-order valence-electron chi connectivity index (χ0n) is 12.2. The van der Waals surface area contributed by atoms with E-state index in [4.69, 9.17) is 10.5 Å². The number of Topliss-reactive ketones (excluding diaryl/α,β-unsaturated/α-hetero) is 1. The third kappa shape index (κ3) is 2.45. The van der Waals surface area contributed by atoms with Crippen LogP contribution >= 0.6 is 0 Å². The summed E-state index contributed by atoms with van der Waals surface area (Å²) in [4.78, 5) is 26.4. The summed E-state index contributed by atoms with van der Waals surface area (Å²) in [5.74, 6) is -0.165.